The molecule has 0 fully saturated rings. The van der Waals surface area contributed by atoms with Crippen LogP contribution < -0.4 is 10.4 Å². The number of benzene rings is 2. The van der Waals surface area contributed by atoms with Crippen LogP contribution in [0, 0.1) is 0 Å². The molecule has 1 aliphatic heterocycles. The van der Waals surface area contributed by atoms with Gasteiger partial charge in [-0.3, -0.25) is 0 Å². The minimum Gasteiger partial charge on any atom is -0.464 e. The second kappa shape index (κ2) is 6.54. The number of hydrogen-bond donors (Lipinski definition) is 0. The Kier molecular flexibility index (Phi) is 4.24. The molecule has 2 aromatic carbocycles. The fraction of sp³-hybridized carbons (Fsp3) is 0.250. The van der Waals surface area contributed by atoms with Gasteiger partial charge in [0.2, 0.25) is 6.29 Å². The van der Waals surface area contributed by atoms with E-state index in [0.717, 1.165) is 10.9 Å². The number of ether oxygens (including phenoxy) is 2. The van der Waals surface area contributed by atoms with Gasteiger partial charge in [-0.25, -0.2) is 4.79 Å². The Morgan fingerprint density at radius 2 is 1.92 bits per heavy atom. The number of hydrogen-bond acceptors (Lipinski definition) is 4. The molecular formula is C20H17ClO4. The first-order valence-corrected chi connectivity index (χ1v) is 8.64. The first-order chi connectivity index (χ1) is 12.2. The molecule has 2 atom stereocenters. The summed E-state index contributed by atoms with van der Waals surface area (Å²) < 4.78 is 17.3. The zero-order valence-corrected chi connectivity index (χ0v) is 14.5. The van der Waals surface area contributed by atoms with E-state index < -0.39 is 6.29 Å². The van der Waals surface area contributed by atoms with Gasteiger partial charge in [-0.05, 0) is 36.8 Å². The second-order valence-electron chi connectivity index (χ2n) is 5.97. The number of rotatable bonds is 3. The van der Waals surface area contributed by atoms with Gasteiger partial charge in [0.25, 0.3) is 0 Å². The van der Waals surface area contributed by atoms with Crippen LogP contribution >= 0.6 is 11.6 Å². The van der Waals surface area contributed by atoms with Crippen LogP contribution in [0.5, 0.6) is 5.75 Å². The van der Waals surface area contributed by atoms with Gasteiger partial charge in [-0.15, -0.1) is 0 Å². The van der Waals surface area contributed by atoms with Gasteiger partial charge < -0.3 is 13.9 Å². The molecule has 1 aliphatic rings. The average Bonchev–Trinajstić information content (AvgIpc) is 2.62. The third kappa shape index (κ3) is 2.92. The highest BCUT2D eigenvalue weighted by Gasteiger charge is 2.34. The maximum absolute atomic E-state index is 12.7. The Labute approximate surface area is 149 Å². The molecule has 25 heavy (non-hydrogen) atoms. The Morgan fingerprint density at radius 3 is 2.68 bits per heavy atom. The molecule has 3 aromatic rings. The summed E-state index contributed by atoms with van der Waals surface area (Å²) in [4.78, 5) is 12.7. The maximum Gasteiger partial charge on any atom is 0.343 e. The molecule has 1 aromatic heterocycles. The van der Waals surface area contributed by atoms with E-state index in [4.69, 9.17) is 25.5 Å². The lowest BCUT2D eigenvalue weighted by Gasteiger charge is -2.31. The third-order valence-electron chi connectivity index (χ3n) is 4.45. The van der Waals surface area contributed by atoms with Gasteiger partial charge in [0.1, 0.15) is 11.3 Å². The third-order valence-corrected chi connectivity index (χ3v) is 4.70. The molecule has 5 heteroatoms. The van der Waals surface area contributed by atoms with Crippen LogP contribution in [0.3, 0.4) is 0 Å². The molecule has 0 amide bonds. The zero-order valence-electron chi connectivity index (χ0n) is 13.7. The van der Waals surface area contributed by atoms with Crippen LogP contribution in [0.4, 0.5) is 0 Å². The average molecular weight is 357 g/mol. The molecule has 0 spiro atoms. The van der Waals surface area contributed by atoms with Crippen molar-refractivity contribution in [2.75, 3.05) is 6.61 Å². The zero-order chi connectivity index (χ0) is 17.4. The highest BCUT2D eigenvalue weighted by Crippen LogP contribution is 2.42. The Balaban J connectivity index is 1.93. The standard InChI is InChI=1S/C20H17ClO4/c1-2-23-17-11-15(12-7-9-13(21)10-8-12)18-19(25-17)14-5-3-4-6-16(14)24-20(18)22/h3-10,15,17H,2,11H2,1H3/t15-,17+/m0/s1. The molecule has 128 valence electrons. The summed E-state index contributed by atoms with van der Waals surface area (Å²) >= 11 is 6.01. The lowest BCUT2D eigenvalue weighted by molar-refractivity contribution is -0.0889. The van der Waals surface area contributed by atoms with Gasteiger partial charge in [0.05, 0.1) is 10.9 Å². The van der Waals surface area contributed by atoms with Crippen LogP contribution in [0.1, 0.15) is 30.4 Å². The summed E-state index contributed by atoms with van der Waals surface area (Å²) in [6.45, 7) is 2.46. The Morgan fingerprint density at radius 1 is 1.16 bits per heavy atom. The first kappa shape index (κ1) is 16.2. The van der Waals surface area contributed by atoms with E-state index in [2.05, 4.69) is 0 Å². The summed E-state index contributed by atoms with van der Waals surface area (Å²) in [5.74, 6) is 0.384. The van der Waals surface area contributed by atoms with Gasteiger partial charge in [0, 0.05) is 24.0 Å². The topological polar surface area (TPSA) is 48.7 Å². The molecule has 4 nitrogen and oxygen atoms in total. The SMILES string of the molecule is CCO[C@H]1C[C@@H](c2ccc(Cl)cc2)c2c(c3ccccc3oc2=O)O1. The molecule has 0 aliphatic carbocycles. The van der Waals surface area contributed by atoms with E-state index in [1.807, 2.05) is 49.4 Å². The summed E-state index contributed by atoms with van der Waals surface area (Å²) in [7, 11) is 0. The monoisotopic (exact) mass is 356 g/mol. The van der Waals surface area contributed by atoms with Crippen molar-refractivity contribution >= 4 is 22.6 Å². The molecule has 0 saturated carbocycles. The minimum absolute atomic E-state index is 0.168. The fourth-order valence-corrected chi connectivity index (χ4v) is 3.46. The maximum atomic E-state index is 12.7. The smallest absolute Gasteiger partial charge is 0.343 e. The second-order valence-corrected chi connectivity index (χ2v) is 6.41. The molecule has 4 rings (SSSR count). The summed E-state index contributed by atoms with van der Waals surface area (Å²) in [5, 5.41) is 1.43. The van der Waals surface area contributed by atoms with E-state index in [0.29, 0.717) is 34.9 Å². The van der Waals surface area contributed by atoms with Crippen molar-refractivity contribution < 1.29 is 13.9 Å². The van der Waals surface area contributed by atoms with Crippen molar-refractivity contribution in [1.29, 1.82) is 0 Å². The normalized spacial score (nSPS) is 19.4. The summed E-state index contributed by atoms with van der Waals surface area (Å²) in [6, 6.07) is 14.9. The Bertz CT molecular complexity index is 962. The highest BCUT2D eigenvalue weighted by atomic mass is 35.5. The molecule has 0 radical (unpaired) electrons. The van der Waals surface area contributed by atoms with E-state index >= 15 is 0 Å². The quantitative estimate of drug-likeness (QED) is 0.637. The van der Waals surface area contributed by atoms with Crippen LogP contribution in [0.2, 0.25) is 5.02 Å². The first-order valence-electron chi connectivity index (χ1n) is 8.27. The predicted octanol–water partition coefficient (Wildman–Crippen LogP) is 4.72. The molecule has 2 heterocycles. The largest absolute Gasteiger partial charge is 0.464 e. The van der Waals surface area contributed by atoms with Crippen molar-refractivity contribution in [3.05, 3.63) is 75.1 Å². The Hall–Kier alpha value is -2.30. The van der Waals surface area contributed by atoms with E-state index in [1.165, 1.54) is 0 Å². The van der Waals surface area contributed by atoms with Crippen molar-refractivity contribution in [1.82, 2.24) is 0 Å². The summed E-state index contributed by atoms with van der Waals surface area (Å²) in [6.07, 6.45) is 0.134. The van der Waals surface area contributed by atoms with Crippen LogP contribution in [-0.4, -0.2) is 12.9 Å². The number of halogens is 1. The van der Waals surface area contributed by atoms with Crippen molar-refractivity contribution in [3.63, 3.8) is 0 Å². The number of fused-ring (bicyclic) bond motifs is 3. The summed E-state index contributed by atoms with van der Waals surface area (Å²) in [5.41, 5.74) is 1.67. The minimum atomic E-state index is -0.414. The van der Waals surface area contributed by atoms with Gasteiger partial charge >= 0.3 is 5.63 Å². The van der Waals surface area contributed by atoms with Gasteiger partial charge in [-0.2, -0.15) is 0 Å². The van der Waals surface area contributed by atoms with Crippen LogP contribution in [0.15, 0.2) is 57.7 Å². The predicted molar refractivity (Wildman–Crippen MR) is 96.4 cm³/mol. The van der Waals surface area contributed by atoms with Gasteiger partial charge in [-0.1, -0.05) is 35.9 Å². The molecule has 0 saturated heterocycles. The van der Waals surface area contributed by atoms with Gasteiger partial charge in [0.15, 0.2) is 0 Å². The molecule has 0 bridgehead atoms. The van der Waals surface area contributed by atoms with Crippen LogP contribution in [-0.2, 0) is 4.74 Å². The highest BCUT2D eigenvalue weighted by molar-refractivity contribution is 6.30. The van der Waals surface area contributed by atoms with E-state index in [9.17, 15) is 4.79 Å². The molecule has 0 N–H and O–H groups in total. The van der Waals surface area contributed by atoms with Crippen molar-refractivity contribution in [2.45, 2.75) is 25.6 Å². The fourth-order valence-electron chi connectivity index (χ4n) is 3.34. The van der Waals surface area contributed by atoms with E-state index in [1.54, 1.807) is 6.07 Å². The number of para-hydroxylation sites is 1. The lowest BCUT2D eigenvalue weighted by atomic mass is 9.86. The van der Waals surface area contributed by atoms with E-state index in [-0.39, 0.29) is 11.5 Å². The molecule has 0 unspecified atom stereocenters. The molecular weight excluding hydrogens is 340 g/mol. The van der Waals surface area contributed by atoms with Crippen molar-refractivity contribution in [3.8, 4) is 5.75 Å². The van der Waals surface area contributed by atoms with Crippen LogP contribution in [0.25, 0.3) is 11.0 Å². The van der Waals surface area contributed by atoms with Crippen molar-refractivity contribution in [2.24, 2.45) is 0 Å². The lowest BCUT2D eigenvalue weighted by Crippen LogP contribution is -2.32.